The Bertz CT molecular complexity index is 1070. The first-order valence-electron chi connectivity index (χ1n) is 9.45. The topological polar surface area (TPSA) is 38.1 Å². The van der Waals surface area contributed by atoms with Crippen molar-refractivity contribution in [2.24, 2.45) is 0 Å². The van der Waals surface area contributed by atoms with E-state index in [1.54, 1.807) is 0 Å². The van der Waals surface area contributed by atoms with E-state index in [-0.39, 0.29) is 0 Å². The molecule has 28 heavy (non-hydrogen) atoms. The molecule has 0 saturated carbocycles. The summed E-state index contributed by atoms with van der Waals surface area (Å²) in [6, 6.07) is 13.7. The molecule has 0 spiro atoms. The zero-order valence-electron chi connectivity index (χ0n) is 15.8. The molecule has 4 aromatic rings. The maximum absolute atomic E-state index is 3.57. The molecule has 0 unspecified atom stereocenters. The molecule has 1 saturated heterocycles. The third-order valence-corrected chi connectivity index (χ3v) is 7.04. The van der Waals surface area contributed by atoms with Crippen molar-refractivity contribution in [2.75, 3.05) is 27.2 Å². The standard InChI is InChI=1S/C22H22Br2N4/c1-27-11-22(18-10-26-20-8-14(24)4-6-16(18)20)28(2)12-21(27)17-9-25-19-7-13(23)3-5-15(17)19/h3-10,21-22,25-26H,11-12H2,1-2H3/t21-,22+. The Labute approximate surface area is 181 Å². The largest absolute Gasteiger partial charge is 0.361 e. The zero-order chi connectivity index (χ0) is 19.4. The molecule has 2 aromatic carbocycles. The minimum absolute atomic E-state index is 0.371. The molecule has 1 aliphatic rings. The van der Waals surface area contributed by atoms with Crippen LogP contribution in [0, 0.1) is 0 Å². The average Bonchev–Trinajstić information content (AvgIpc) is 3.26. The number of rotatable bonds is 2. The molecule has 2 N–H and O–H groups in total. The lowest BCUT2D eigenvalue weighted by Gasteiger charge is -2.43. The molecule has 144 valence electrons. The summed E-state index contributed by atoms with van der Waals surface area (Å²) in [4.78, 5) is 11.9. The maximum atomic E-state index is 3.57. The first-order chi connectivity index (χ1) is 13.5. The van der Waals surface area contributed by atoms with E-state index in [0.717, 1.165) is 22.0 Å². The Balaban J connectivity index is 1.47. The third-order valence-electron chi connectivity index (χ3n) is 6.06. The number of benzene rings is 2. The second-order valence-corrected chi connectivity index (χ2v) is 9.61. The molecule has 6 heteroatoms. The predicted molar refractivity (Wildman–Crippen MR) is 123 cm³/mol. The highest BCUT2D eigenvalue weighted by Gasteiger charge is 2.33. The summed E-state index contributed by atoms with van der Waals surface area (Å²) in [7, 11) is 4.49. The van der Waals surface area contributed by atoms with Crippen LogP contribution in [0.2, 0.25) is 0 Å². The van der Waals surface area contributed by atoms with Gasteiger partial charge in [-0.05, 0) is 49.5 Å². The van der Waals surface area contributed by atoms with Crippen LogP contribution in [0.15, 0.2) is 57.7 Å². The highest BCUT2D eigenvalue weighted by atomic mass is 79.9. The lowest BCUT2D eigenvalue weighted by molar-refractivity contribution is 0.0636. The minimum atomic E-state index is 0.371. The van der Waals surface area contributed by atoms with Gasteiger partial charge in [0.2, 0.25) is 0 Å². The Morgan fingerprint density at radius 3 is 1.61 bits per heavy atom. The van der Waals surface area contributed by atoms with Crippen LogP contribution in [0.4, 0.5) is 0 Å². The van der Waals surface area contributed by atoms with Gasteiger partial charge in [0.1, 0.15) is 0 Å². The van der Waals surface area contributed by atoms with Gasteiger partial charge in [-0.15, -0.1) is 0 Å². The second-order valence-electron chi connectivity index (χ2n) is 7.78. The Kier molecular flexibility index (Phi) is 4.62. The van der Waals surface area contributed by atoms with Crippen molar-refractivity contribution >= 4 is 53.7 Å². The fourth-order valence-corrected chi connectivity index (χ4v) is 5.27. The number of aromatic nitrogens is 2. The van der Waals surface area contributed by atoms with E-state index < -0.39 is 0 Å². The molecular weight excluding hydrogens is 480 g/mol. The van der Waals surface area contributed by atoms with Crippen molar-refractivity contribution in [2.45, 2.75) is 12.1 Å². The van der Waals surface area contributed by atoms with Gasteiger partial charge in [0.25, 0.3) is 0 Å². The van der Waals surface area contributed by atoms with Crippen LogP contribution in [0.25, 0.3) is 21.8 Å². The zero-order valence-corrected chi connectivity index (χ0v) is 19.0. The summed E-state index contributed by atoms with van der Waals surface area (Å²) >= 11 is 7.14. The summed E-state index contributed by atoms with van der Waals surface area (Å²) < 4.78 is 2.21. The van der Waals surface area contributed by atoms with Crippen LogP contribution in [0.3, 0.4) is 0 Å². The third kappa shape index (κ3) is 3.03. The first-order valence-corrected chi connectivity index (χ1v) is 11.0. The van der Waals surface area contributed by atoms with Crippen molar-refractivity contribution in [1.82, 2.24) is 19.8 Å². The van der Waals surface area contributed by atoms with Crippen LogP contribution in [-0.4, -0.2) is 47.0 Å². The van der Waals surface area contributed by atoms with Gasteiger partial charge in [-0.2, -0.15) is 0 Å². The summed E-state index contributed by atoms with van der Waals surface area (Å²) in [5, 5.41) is 2.62. The molecule has 0 aliphatic carbocycles. The normalized spacial score (nSPS) is 21.7. The van der Waals surface area contributed by atoms with Gasteiger partial charge in [-0.3, -0.25) is 9.80 Å². The van der Waals surface area contributed by atoms with Gasteiger partial charge in [0.15, 0.2) is 0 Å². The Hall–Kier alpha value is -1.60. The SMILES string of the molecule is CN1C[C@@H](c2c[nH]c3cc(Br)ccc23)N(C)C[C@@H]1c1c[nH]c2cc(Br)ccc12. The van der Waals surface area contributed by atoms with E-state index in [9.17, 15) is 0 Å². The summed E-state index contributed by atoms with van der Waals surface area (Å²) in [5.74, 6) is 0. The highest BCUT2D eigenvalue weighted by molar-refractivity contribution is 9.10. The fraction of sp³-hybridized carbons (Fsp3) is 0.273. The second kappa shape index (κ2) is 7.02. The number of piperazine rings is 1. The van der Waals surface area contributed by atoms with Gasteiger partial charge in [0.05, 0.1) is 0 Å². The van der Waals surface area contributed by atoms with Crippen LogP contribution in [0.5, 0.6) is 0 Å². The molecular formula is C22H22Br2N4. The fourth-order valence-electron chi connectivity index (χ4n) is 4.54. The number of likely N-dealkylation sites (N-methyl/N-ethyl adjacent to an activating group) is 2. The molecule has 2 aromatic heterocycles. The van der Waals surface area contributed by atoms with Gasteiger partial charge in [-0.1, -0.05) is 44.0 Å². The highest BCUT2D eigenvalue weighted by Crippen LogP contribution is 2.38. The predicted octanol–water partition coefficient (Wildman–Crippen LogP) is 5.83. The number of hydrogen-bond acceptors (Lipinski definition) is 2. The van der Waals surface area contributed by atoms with E-state index in [4.69, 9.17) is 0 Å². The van der Waals surface area contributed by atoms with E-state index in [2.05, 4.69) is 115 Å². The monoisotopic (exact) mass is 500 g/mol. The van der Waals surface area contributed by atoms with Gasteiger partial charge >= 0.3 is 0 Å². The molecule has 2 atom stereocenters. The van der Waals surface area contributed by atoms with E-state index in [1.165, 1.54) is 32.9 Å². The average molecular weight is 502 g/mol. The smallest absolute Gasteiger partial charge is 0.0494 e. The van der Waals surface area contributed by atoms with Crippen molar-refractivity contribution in [3.05, 3.63) is 68.9 Å². The van der Waals surface area contributed by atoms with Gasteiger partial charge in [0, 0.05) is 68.3 Å². The van der Waals surface area contributed by atoms with Gasteiger partial charge < -0.3 is 9.97 Å². The minimum Gasteiger partial charge on any atom is -0.361 e. The van der Waals surface area contributed by atoms with E-state index >= 15 is 0 Å². The number of halogens is 2. The number of H-pyrrole nitrogens is 2. The van der Waals surface area contributed by atoms with Crippen LogP contribution in [-0.2, 0) is 0 Å². The molecule has 1 aliphatic heterocycles. The quantitative estimate of drug-likeness (QED) is 0.362. The van der Waals surface area contributed by atoms with Crippen molar-refractivity contribution < 1.29 is 0 Å². The molecule has 4 nitrogen and oxygen atoms in total. The number of aromatic amines is 2. The van der Waals surface area contributed by atoms with E-state index in [1.807, 2.05) is 0 Å². The molecule has 0 amide bonds. The van der Waals surface area contributed by atoms with Crippen molar-refractivity contribution in [3.63, 3.8) is 0 Å². The Morgan fingerprint density at radius 2 is 1.18 bits per heavy atom. The first kappa shape index (κ1) is 18.4. The van der Waals surface area contributed by atoms with Crippen molar-refractivity contribution in [3.8, 4) is 0 Å². The molecule has 3 heterocycles. The lowest BCUT2D eigenvalue weighted by atomic mass is 9.96. The maximum Gasteiger partial charge on any atom is 0.0494 e. The van der Waals surface area contributed by atoms with Gasteiger partial charge in [-0.25, -0.2) is 0 Å². The number of hydrogen-bond donors (Lipinski definition) is 2. The summed E-state index contributed by atoms with van der Waals surface area (Å²) in [5.41, 5.74) is 5.12. The number of fused-ring (bicyclic) bond motifs is 2. The molecule has 1 fully saturated rings. The summed E-state index contributed by atoms with van der Waals surface area (Å²) in [6.07, 6.45) is 4.35. The summed E-state index contributed by atoms with van der Waals surface area (Å²) in [6.45, 7) is 1.99. The lowest BCUT2D eigenvalue weighted by Crippen LogP contribution is -2.46. The van der Waals surface area contributed by atoms with E-state index in [0.29, 0.717) is 12.1 Å². The van der Waals surface area contributed by atoms with Crippen molar-refractivity contribution in [1.29, 1.82) is 0 Å². The molecule has 0 bridgehead atoms. The van der Waals surface area contributed by atoms with Crippen LogP contribution in [0.1, 0.15) is 23.2 Å². The van der Waals surface area contributed by atoms with Crippen LogP contribution >= 0.6 is 31.9 Å². The molecule has 0 radical (unpaired) electrons. The molecule has 5 rings (SSSR count). The number of nitrogens with one attached hydrogen (secondary N) is 2. The number of nitrogens with zero attached hydrogens (tertiary/aromatic N) is 2. The Morgan fingerprint density at radius 1 is 0.750 bits per heavy atom. The van der Waals surface area contributed by atoms with Crippen LogP contribution < -0.4 is 0 Å².